The van der Waals surface area contributed by atoms with Crippen molar-refractivity contribution in [2.75, 3.05) is 11.9 Å². The van der Waals surface area contributed by atoms with Crippen LogP contribution in [0.5, 0.6) is 0 Å². The van der Waals surface area contributed by atoms with Crippen LogP contribution >= 0.6 is 0 Å². The van der Waals surface area contributed by atoms with Crippen LogP contribution in [0.3, 0.4) is 0 Å². The maximum atomic E-state index is 12.9. The third-order valence-electron chi connectivity index (χ3n) is 4.03. The molecule has 7 heteroatoms. The van der Waals surface area contributed by atoms with Crippen molar-refractivity contribution in [3.63, 3.8) is 0 Å². The quantitative estimate of drug-likeness (QED) is 0.608. The van der Waals surface area contributed by atoms with E-state index in [1.807, 2.05) is 42.5 Å². The lowest BCUT2D eigenvalue weighted by atomic mass is 10.1. The number of fused-ring (bicyclic) bond motifs is 1. The van der Waals surface area contributed by atoms with Gasteiger partial charge in [0, 0.05) is 18.7 Å². The summed E-state index contributed by atoms with van der Waals surface area (Å²) in [6.45, 7) is 0.116. The molecule has 0 aliphatic carbocycles. The first-order chi connectivity index (χ1) is 12.9. The van der Waals surface area contributed by atoms with E-state index in [-0.39, 0.29) is 23.8 Å². The van der Waals surface area contributed by atoms with Crippen LogP contribution in [0, 0.1) is 5.82 Å². The monoisotopic (exact) mass is 386 g/mol. The zero-order valence-corrected chi connectivity index (χ0v) is 15.3. The van der Waals surface area contributed by atoms with E-state index in [2.05, 4.69) is 10.0 Å². The number of hydrogen-bond donors (Lipinski definition) is 2. The fourth-order valence-electron chi connectivity index (χ4n) is 2.64. The normalized spacial score (nSPS) is 11.4. The molecule has 0 fully saturated rings. The molecular formula is C20H19FN2O3S. The number of anilines is 1. The summed E-state index contributed by atoms with van der Waals surface area (Å²) >= 11 is 0. The summed E-state index contributed by atoms with van der Waals surface area (Å²) in [5.41, 5.74) is 0.700. The minimum absolute atomic E-state index is 0.00971. The van der Waals surface area contributed by atoms with Crippen molar-refractivity contribution in [2.24, 2.45) is 0 Å². The Kier molecular flexibility index (Phi) is 5.83. The van der Waals surface area contributed by atoms with E-state index in [0.717, 1.165) is 22.9 Å². The Morgan fingerprint density at radius 1 is 0.926 bits per heavy atom. The van der Waals surface area contributed by atoms with Crippen LogP contribution in [-0.4, -0.2) is 20.9 Å². The lowest BCUT2D eigenvalue weighted by molar-refractivity contribution is -0.116. The molecule has 0 radical (unpaired) electrons. The fraction of sp³-hybridized carbons (Fsp3) is 0.150. The molecule has 1 amide bonds. The SMILES string of the molecule is O=C(CCCNS(=O)(=O)c1ccc(F)cc1)Nc1ccc2ccccc2c1. The molecule has 2 N–H and O–H groups in total. The van der Waals surface area contributed by atoms with E-state index in [1.54, 1.807) is 0 Å². The second-order valence-electron chi connectivity index (χ2n) is 6.07. The molecule has 0 atom stereocenters. The molecule has 0 unspecified atom stereocenters. The highest BCUT2D eigenvalue weighted by molar-refractivity contribution is 7.89. The summed E-state index contributed by atoms with van der Waals surface area (Å²) in [6.07, 6.45) is 0.526. The van der Waals surface area contributed by atoms with Crippen LogP contribution in [0.25, 0.3) is 10.8 Å². The van der Waals surface area contributed by atoms with Crippen molar-refractivity contribution in [3.8, 4) is 0 Å². The zero-order chi connectivity index (χ0) is 19.3. The van der Waals surface area contributed by atoms with Gasteiger partial charge in [0.1, 0.15) is 5.82 Å². The second-order valence-corrected chi connectivity index (χ2v) is 7.83. The third-order valence-corrected chi connectivity index (χ3v) is 5.51. The highest BCUT2D eigenvalue weighted by Gasteiger charge is 2.13. The Morgan fingerprint density at radius 2 is 1.63 bits per heavy atom. The third kappa shape index (κ3) is 5.12. The molecule has 3 aromatic rings. The van der Waals surface area contributed by atoms with Crippen LogP contribution in [0.15, 0.2) is 71.6 Å². The number of halogens is 1. The van der Waals surface area contributed by atoms with Gasteiger partial charge >= 0.3 is 0 Å². The Hall–Kier alpha value is -2.77. The van der Waals surface area contributed by atoms with Crippen LogP contribution in [0.4, 0.5) is 10.1 Å². The van der Waals surface area contributed by atoms with Gasteiger partial charge in [0.2, 0.25) is 15.9 Å². The van der Waals surface area contributed by atoms with E-state index in [0.29, 0.717) is 12.1 Å². The van der Waals surface area contributed by atoms with Gasteiger partial charge in [-0.1, -0.05) is 30.3 Å². The topological polar surface area (TPSA) is 75.3 Å². The number of rotatable bonds is 7. The first-order valence-corrected chi connectivity index (χ1v) is 9.96. The fourth-order valence-corrected chi connectivity index (χ4v) is 3.72. The molecule has 0 heterocycles. The molecule has 27 heavy (non-hydrogen) atoms. The molecule has 0 saturated carbocycles. The van der Waals surface area contributed by atoms with Crippen LogP contribution < -0.4 is 10.0 Å². The molecule has 0 aromatic heterocycles. The predicted molar refractivity (Wildman–Crippen MR) is 103 cm³/mol. The molecule has 3 aromatic carbocycles. The molecule has 0 aliphatic rings. The largest absolute Gasteiger partial charge is 0.326 e. The van der Waals surface area contributed by atoms with Crippen molar-refractivity contribution in [1.29, 1.82) is 0 Å². The summed E-state index contributed by atoms with van der Waals surface area (Å²) in [6, 6.07) is 18.1. The molecule has 140 valence electrons. The maximum Gasteiger partial charge on any atom is 0.240 e. The summed E-state index contributed by atoms with van der Waals surface area (Å²) in [5.74, 6) is -0.689. The van der Waals surface area contributed by atoms with Crippen LogP contribution in [0.2, 0.25) is 0 Å². The minimum atomic E-state index is -3.71. The Labute approximate surface area is 157 Å². The number of benzene rings is 3. The number of sulfonamides is 1. The van der Waals surface area contributed by atoms with E-state index in [1.165, 1.54) is 12.1 Å². The lowest BCUT2D eigenvalue weighted by Gasteiger charge is -2.08. The zero-order valence-electron chi connectivity index (χ0n) is 14.5. The number of nitrogens with one attached hydrogen (secondary N) is 2. The van der Waals surface area contributed by atoms with E-state index in [4.69, 9.17) is 0 Å². The van der Waals surface area contributed by atoms with Gasteiger partial charge in [0.25, 0.3) is 0 Å². The van der Waals surface area contributed by atoms with Gasteiger partial charge in [0.05, 0.1) is 4.90 Å². The summed E-state index contributed by atoms with van der Waals surface area (Å²) in [4.78, 5) is 12.0. The van der Waals surface area contributed by atoms with Crippen LogP contribution in [0.1, 0.15) is 12.8 Å². The standard InChI is InChI=1S/C20H19FN2O3S/c21-17-8-11-19(12-9-17)27(25,26)22-13-3-6-20(24)23-18-10-7-15-4-1-2-5-16(15)14-18/h1-2,4-5,7-12,14,22H,3,6,13H2,(H,23,24). The van der Waals surface area contributed by atoms with Crippen molar-refractivity contribution >= 4 is 32.4 Å². The van der Waals surface area contributed by atoms with Crippen molar-refractivity contribution in [2.45, 2.75) is 17.7 Å². The smallest absolute Gasteiger partial charge is 0.240 e. The van der Waals surface area contributed by atoms with Gasteiger partial charge in [-0.05, 0) is 53.6 Å². The van der Waals surface area contributed by atoms with E-state index in [9.17, 15) is 17.6 Å². The average molecular weight is 386 g/mol. The van der Waals surface area contributed by atoms with E-state index < -0.39 is 15.8 Å². The molecule has 5 nitrogen and oxygen atoms in total. The summed E-state index contributed by atoms with van der Waals surface area (Å²) in [7, 11) is -3.71. The van der Waals surface area contributed by atoms with Gasteiger partial charge in [-0.25, -0.2) is 17.5 Å². The Morgan fingerprint density at radius 3 is 2.37 bits per heavy atom. The predicted octanol–water partition coefficient (Wildman–Crippen LogP) is 3.68. The van der Waals surface area contributed by atoms with Crippen LogP contribution in [-0.2, 0) is 14.8 Å². The summed E-state index contributed by atoms with van der Waals surface area (Å²) < 4.78 is 39.4. The Balaban J connectivity index is 1.48. The molecule has 0 bridgehead atoms. The molecule has 3 rings (SSSR count). The van der Waals surface area contributed by atoms with Gasteiger partial charge in [-0.15, -0.1) is 0 Å². The molecular weight excluding hydrogens is 367 g/mol. The van der Waals surface area contributed by atoms with Crippen molar-refractivity contribution in [1.82, 2.24) is 4.72 Å². The highest BCUT2D eigenvalue weighted by atomic mass is 32.2. The molecule has 0 aliphatic heterocycles. The van der Waals surface area contributed by atoms with Crippen molar-refractivity contribution < 1.29 is 17.6 Å². The van der Waals surface area contributed by atoms with Gasteiger partial charge < -0.3 is 5.32 Å². The van der Waals surface area contributed by atoms with Gasteiger partial charge in [-0.3, -0.25) is 4.79 Å². The summed E-state index contributed by atoms with van der Waals surface area (Å²) in [5, 5.41) is 4.93. The lowest BCUT2D eigenvalue weighted by Crippen LogP contribution is -2.25. The molecule has 0 spiro atoms. The number of hydrogen-bond acceptors (Lipinski definition) is 3. The minimum Gasteiger partial charge on any atom is -0.326 e. The Bertz CT molecular complexity index is 1050. The van der Waals surface area contributed by atoms with Gasteiger partial charge in [-0.2, -0.15) is 0 Å². The first-order valence-electron chi connectivity index (χ1n) is 8.48. The van der Waals surface area contributed by atoms with E-state index >= 15 is 0 Å². The number of carbonyl (C=O) groups is 1. The van der Waals surface area contributed by atoms with Gasteiger partial charge in [0.15, 0.2) is 0 Å². The average Bonchev–Trinajstić information content (AvgIpc) is 2.65. The highest BCUT2D eigenvalue weighted by Crippen LogP contribution is 2.19. The number of amides is 1. The number of carbonyl (C=O) groups excluding carboxylic acids is 1. The van der Waals surface area contributed by atoms with Crippen molar-refractivity contribution in [3.05, 3.63) is 72.5 Å². The maximum absolute atomic E-state index is 12.9. The first kappa shape index (κ1) is 19.0. The second kappa shape index (κ2) is 8.28. The molecule has 0 saturated heterocycles.